The van der Waals surface area contributed by atoms with Crippen molar-refractivity contribution in [2.45, 2.75) is 147 Å². The number of hydrogen-bond acceptors (Lipinski definition) is 10. The van der Waals surface area contributed by atoms with Crippen molar-refractivity contribution in [2.24, 2.45) is 11.8 Å². The van der Waals surface area contributed by atoms with Gasteiger partial charge in [0, 0.05) is 77.8 Å². The highest BCUT2D eigenvalue weighted by Gasteiger charge is 2.26. The van der Waals surface area contributed by atoms with Gasteiger partial charge in [0.25, 0.3) is 0 Å². The number of hydrogen-bond donors (Lipinski definition) is 4. The number of amides is 1. The molecule has 73 heavy (non-hydrogen) atoms. The van der Waals surface area contributed by atoms with Crippen LogP contribution in [0.2, 0.25) is 0 Å². The van der Waals surface area contributed by atoms with E-state index in [4.69, 9.17) is 24.5 Å². The van der Waals surface area contributed by atoms with Crippen LogP contribution in [0.15, 0.2) is 61.2 Å². The SMILES string of the molecule is CCN(Cc1cncc(-c2ccc3c(c2)c(-c2nc(CC(C)C)c(C)[nH]2)nn3C2CCCCO2)c1C)C(=O)OC(C)(C)C.CCNCc1cncc(-c2ccc3[nH]nc(-c4nc(CC(C)C)c(C)[nH]4)c3c2)c1C. The van der Waals surface area contributed by atoms with Crippen LogP contribution in [-0.2, 0) is 35.4 Å². The van der Waals surface area contributed by atoms with E-state index in [2.05, 4.69) is 134 Å². The third-order valence-electron chi connectivity index (χ3n) is 13.5. The first-order valence-electron chi connectivity index (χ1n) is 26.2. The van der Waals surface area contributed by atoms with E-state index in [-0.39, 0.29) is 12.3 Å². The molecule has 0 bridgehead atoms. The monoisotopic (exact) mass is 989 g/mol. The molecule has 9 rings (SSSR count). The standard InChI is InChI=1S/C34H46N6O3.C24H30N6/c1-9-39(33(41)43-34(6,7)8)20-25-18-35-19-27(22(25)4)24-13-14-29-26(17-24)31(38-40(29)30-12-10-11-15-42-30)32-36-23(5)28(37-32)16-21(2)3;1-6-25-11-18-12-26-13-20(15(18)4)17-7-8-21-19(10-17)23(30-29-21)24-27-16(5)22(28-24)9-14(2)3/h13-14,17-19,21,30H,9-12,15-16,20H2,1-8H3,(H,36,37);7-8,10,12-14,25H,6,9,11H2,1-5H3,(H,27,28)(H,29,30). The van der Waals surface area contributed by atoms with Crippen LogP contribution in [0, 0.1) is 39.5 Å². The number of ether oxygens (including phenoxy) is 2. The van der Waals surface area contributed by atoms with Gasteiger partial charge in [-0.2, -0.15) is 10.2 Å². The fourth-order valence-corrected chi connectivity index (χ4v) is 9.52. The summed E-state index contributed by atoms with van der Waals surface area (Å²) >= 11 is 0. The molecule has 1 saturated heterocycles. The zero-order valence-electron chi connectivity index (χ0n) is 45.4. The van der Waals surface area contributed by atoms with Gasteiger partial charge in [-0.3, -0.25) is 15.1 Å². The van der Waals surface area contributed by atoms with Crippen molar-refractivity contribution in [1.82, 2.24) is 60.1 Å². The van der Waals surface area contributed by atoms with E-state index in [9.17, 15) is 4.79 Å². The molecular formula is C58H76N12O3. The molecular weight excluding hydrogens is 913 g/mol. The molecule has 0 radical (unpaired) electrons. The van der Waals surface area contributed by atoms with Gasteiger partial charge in [0.05, 0.1) is 29.0 Å². The summed E-state index contributed by atoms with van der Waals surface area (Å²) in [5.74, 6) is 2.67. The fraction of sp³-hybridized carbons (Fsp3) is 0.466. The average Bonchev–Trinajstić information content (AvgIpc) is 4.14. The van der Waals surface area contributed by atoms with Gasteiger partial charge in [0.15, 0.2) is 17.9 Å². The summed E-state index contributed by atoms with van der Waals surface area (Å²) in [6, 6.07) is 12.9. The fourth-order valence-electron chi connectivity index (χ4n) is 9.52. The second kappa shape index (κ2) is 22.6. The highest BCUT2D eigenvalue weighted by atomic mass is 16.6. The molecule has 1 atom stereocenters. The number of fused-ring (bicyclic) bond motifs is 2. The lowest BCUT2D eigenvalue weighted by atomic mass is 9.97. The number of carbonyl (C=O) groups excluding carboxylic acids is 1. The molecule has 2 aromatic carbocycles. The first kappa shape index (κ1) is 52.6. The largest absolute Gasteiger partial charge is 0.444 e. The summed E-state index contributed by atoms with van der Waals surface area (Å²) in [4.78, 5) is 40.4. The summed E-state index contributed by atoms with van der Waals surface area (Å²) in [6.07, 6.45) is 12.2. The Labute approximate surface area is 430 Å². The van der Waals surface area contributed by atoms with Crippen molar-refractivity contribution >= 4 is 27.9 Å². The number of imidazole rings is 2. The minimum atomic E-state index is -0.554. The van der Waals surface area contributed by atoms with Crippen LogP contribution in [0.25, 0.3) is 67.1 Å². The van der Waals surface area contributed by atoms with Crippen molar-refractivity contribution in [3.8, 4) is 45.3 Å². The molecule has 6 aromatic heterocycles. The van der Waals surface area contributed by atoms with Crippen molar-refractivity contribution in [3.63, 3.8) is 0 Å². The summed E-state index contributed by atoms with van der Waals surface area (Å²) in [5.41, 5.74) is 16.4. The quantitative estimate of drug-likeness (QED) is 0.0772. The van der Waals surface area contributed by atoms with E-state index in [1.807, 2.05) is 57.2 Å². The molecule has 1 aliphatic rings. The van der Waals surface area contributed by atoms with E-state index in [1.165, 1.54) is 11.1 Å². The van der Waals surface area contributed by atoms with E-state index >= 15 is 0 Å². The summed E-state index contributed by atoms with van der Waals surface area (Å²) in [5, 5.41) is 18.3. The van der Waals surface area contributed by atoms with Gasteiger partial charge in [0.2, 0.25) is 0 Å². The molecule has 0 saturated carbocycles. The molecule has 1 amide bonds. The number of aryl methyl sites for hydroxylation is 2. The van der Waals surface area contributed by atoms with Crippen LogP contribution in [0.5, 0.6) is 0 Å². The Balaban J connectivity index is 0.000000207. The molecule has 15 nitrogen and oxygen atoms in total. The molecule has 0 aliphatic carbocycles. The molecule has 1 unspecified atom stereocenters. The number of aromatic nitrogens is 10. The predicted molar refractivity (Wildman–Crippen MR) is 292 cm³/mol. The molecule has 1 aliphatic heterocycles. The number of nitrogens with one attached hydrogen (secondary N) is 4. The zero-order chi connectivity index (χ0) is 52.1. The Kier molecular flexibility index (Phi) is 16.3. The van der Waals surface area contributed by atoms with Gasteiger partial charge in [-0.25, -0.2) is 19.4 Å². The van der Waals surface area contributed by atoms with E-state index in [1.54, 1.807) is 4.90 Å². The Hall–Kier alpha value is -6.71. The Morgan fingerprint density at radius 2 is 1.41 bits per heavy atom. The maximum atomic E-state index is 12.9. The van der Waals surface area contributed by atoms with Gasteiger partial charge >= 0.3 is 6.09 Å². The van der Waals surface area contributed by atoms with Crippen LogP contribution in [0.1, 0.15) is 133 Å². The molecule has 1 fully saturated rings. The molecule has 0 spiro atoms. The minimum Gasteiger partial charge on any atom is -0.444 e. The van der Waals surface area contributed by atoms with Gasteiger partial charge in [-0.05, 0) is 164 Å². The Bertz CT molecular complexity index is 3180. The van der Waals surface area contributed by atoms with Crippen LogP contribution >= 0.6 is 0 Å². The number of nitrogens with zero attached hydrogens (tertiary/aromatic N) is 8. The van der Waals surface area contributed by atoms with Crippen LogP contribution < -0.4 is 5.32 Å². The lowest BCUT2D eigenvalue weighted by Crippen LogP contribution is -2.36. The lowest BCUT2D eigenvalue weighted by molar-refractivity contribution is -0.0365. The van der Waals surface area contributed by atoms with Crippen molar-refractivity contribution in [2.75, 3.05) is 19.7 Å². The second-order valence-electron chi connectivity index (χ2n) is 21.4. The minimum absolute atomic E-state index is 0.0957. The van der Waals surface area contributed by atoms with Crippen LogP contribution in [0.4, 0.5) is 4.79 Å². The van der Waals surface area contributed by atoms with Gasteiger partial charge in [-0.1, -0.05) is 46.8 Å². The smallest absolute Gasteiger partial charge is 0.410 e. The van der Waals surface area contributed by atoms with Gasteiger partial charge < -0.3 is 29.7 Å². The van der Waals surface area contributed by atoms with Crippen molar-refractivity contribution < 1.29 is 14.3 Å². The third kappa shape index (κ3) is 12.1. The summed E-state index contributed by atoms with van der Waals surface area (Å²) < 4.78 is 13.8. The lowest BCUT2D eigenvalue weighted by Gasteiger charge is -2.27. The topological polar surface area (TPSA) is 180 Å². The van der Waals surface area contributed by atoms with Gasteiger partial charge in [0.1, 0.15) is 17.0 Å². The van der Waals surface area contributed by atoms with E-state index < -0.39 is 5.60 Å². The highest BCUT2D eigenvalue weighted by Crippen LogP contribution is 2.37. The van der Waals surface area contributed by atoms with Crippen LogP contribution in [0.3, 0.4) is 0 Å². The first-order chi connectivity index (χ1) is 34.9. The number of rotatable bonds is 15. The molecule has 386 valence electrons. The van der Waals surface area contributed by atoms with Gasteiger partial charge in [-0.15, -0.1) is 0 Å². The predicted octanol–water partition coefficient (Wildman–Crippen LogP) is 12.7. The van der Waals surface area contributed by atoms with Crippen molar-refractivity contribution in [1.29, 1.82) is 0 Å². The molecule has 4 N–H and O–H groups in total. The Morgan fingerprint density at radius 3 is 2.00 bits per heavy atom. The van der Waals surface area contributed by atoms with Crippen molar-refractivity contribution in [3.05, 3.63) is 106 Å². The summed E-state index contributed by atoms with van der Waals surface area (Å²) in [7, 11) is 0. The molecule has 8 aromatic rings. The van der Waals surface area contributed by atoms with E-state index in [0.29, 0.717) is 24.9 Å². The Morgan fingerprint density at radius 1 is 0.808 bits per heavy atom. The number of H-pyrrole nitrogens is 3. The first-order valence-corrected chi connectivity index (χ1v) is 26.2. The maximum absolute atomic E-state index is 12.9. The van der Waals surface area contributed by atoms with Crippen LogP contribution in [-0.4, -0.2) is 86.2 Å². The maximum Gasteiger partial charge on any atom is 0.410 e. The second-order valence-corrected chi connectivity index (χ2v) is 21.4. The molecule has 15 heteroatoms. The number of carbonyl (C=O) groups is 1. The summed E-state index contributed by atoms with van der Waals surface area (Å²) in [6.45, 7) is 30.5. The number of benzene rings is 2. The zero-order valence-corrected chi connectivity index (χ0v) is 45.4. The normalized spacial score (nSPS) is 14.1. The molecule has 7 heterocycles. The number of pyridine rings is 2. The third-order valence-corrected chi connectivity index (χ3v) is 13.5. The average molecular weight is 989 g/mol. The van der Waals surface area contributed by atoms with E-state index in [0.717, 1.165) is 153 Å². The number of aromatic amines is 3. The highest BCUT2D eigenvalue weighted by molar-refractivity contribution is 5.96.